The van der Waals surface area contributed by atoms with Gasteiger partial charge in [-0.2, -0.15) is 0 Å². The molecule has 0 aromatic heterocycles. The molecule has 1 saturated carbocycles. The zero-order valence-corrected chi connectivity index (χ0v) is 8.40. The van der Waals surface area contributed by atoms with Gasteiger partial charge in [-0.25, -0.2) is 0 Å². The van der Waals surface area contributed by atoms with Crippen LogP contribution in [0.3, 0.4) is 0 Å². The lowest BCUT2D eigenvalue weighted by Crippen LogP contribution is -2.08. The van der Waals surface area contributed by atoms with E-state index >= 15 is 0 Å². The minimum atomic E-state index is 0.777. The first kappa shape index (κ1) is 8.88. The molecule has 0 aromatic carbocycles. The highest BCUT2D eigenvalue weighted by atomic mass is 32.2. The highest BCUT2D eigenvalue weighted by Gasteiger charge is 2.13. The van der Waals surface area contributed by atoms with Gasteiger partial charge in [0.05, 0.1) is 0 Å². The summed E-state index contributed by atoms with van der Waals surface area (Å²) in [6.07, 6.45) is 6.86. The van der Waals surface area contributed by atoms with Crippen LogP contribution in [0.15, 0.2) is 0 Å². The number of hydrogen-bond acceptors (Lipinski definition) is 2. The maximum absolute atomic E-state index is 4.90. The molecule has 1 rings (SSSR count). The van der Waals surface area contributed by atoms with E-state index in [1.54, 1.807) is 11.8 Å². The molecule has 0 aromatic rings. The molecule has 1 fully saturated rings. The number of thiocarbonyl (C=S) groups is 1. The van der Waals surface area contributed by atoms with E-state index < -0.39 is 0 Å². The van der Waals surface area contributed by atoms with E-state index in [2.05, 4.69) is 12.6 Å². The van der Waals surface area contributed by atoms with Gasteiger partial charge >= 0.3 is 0 Å². The molecule has 0 heterocycles. The van der Waals surface area contributed by atoms with Crippen LogP contribution in [0.25, 0.3) is 0 Å². The van der Waals surface area contributed by atoms with Gasteiger partial charge in [0.25, 0.3) is 0 Å². The summed E-state index contributed by atoms with van der Waals surface area (Å²) in [6, 6.07) is 0. The van der Waals surface area contributed by atoms with E-state index in [1.165, 1.54) is 32.1 Å². The predicted octanol–water partition coefficient (Wildman–Crippen LogP) is 3.27. The van der Waals surface area contributed by atoms with Gasteiger partial charge in [0.1, 0.15) is 3.53 Å². The minimum Gasteiger partial charge on any atom is -0.125 e. The van der Waals surface area contributed by atoms with E-state index in [-0.39, 0.29) is 0 Å². The molecule has 0 nitrogen and oxygen atoms in total. The summed E-state index contributed by atoms with van der Waals surface area (Å²) in [7, 11) is 0. The van der Waals surface area contributed by atoms with Crippen molar-refractivity contribution in [2.24, 2.45) is 0 Å². The first-order valence-corrected chi connectivity index (χ1v) is 5.42. The highest BCUT2D eigenvalue weighted by Crippen LogP contribution is 2.29. The molecule has 10 heavy (non-hydrogen) atoms. The average molecular weight is 192 g/mol. The number of thiol groups is 1. The van der Waals surface area contributed by atoms with Crippen LogP contribution in [0.1, 0.15) is 32.1 Å². The standard InChI is InChI=1S/C7H12S3/c8-7(9)10-6-4-2-1-3-5-6/h6H,1-5H2,(H,8,9). The van der Waals surface area contributed by atoms with E-state index in [9.17, 15) is 0 Å². The van der Waals surface area contributed by atoms with Crippen molar-refractivity contribution in [3.63, 3.8) is 0 Å². The topological polar surface area (TPSA) is 0 Å². The maximum atomic E-state index is 4.90. The first-order valence-electron chi connectivity index (χ1n) is 3.68. The van der Waals surface area contributed by atoms with E-state index in [4.69, 9.17) is 12.2 Å². The van der Waals surface area contributed by atoms with Crippen molar-refractivity contribution < 1.29 is 0 Å². The second-order valence-corrected chi connectivity index (χ2v) is 5.67. The van der Waals surface area contributed by atoms with Gasteiger partial charge in [0, 0.05) is 5.25 Å². The Bertz CT molecular complexity index is 116. The summed E-state index contributed by atoms with van der Waals surface area (Å²) < 4.78 is 0.812. The summed E-state index contributed by atoms with van der Waals surface area (Å²) in [5.41, 5.74) is 0. The molecule has 0 aliphatic heterocycles. The monoisotopic (exact) mass is 192 g/mol. The van der Waals surface area contributed by atoms with Gasteiger partial charge in [0.15, 0.2) is 0 Å². The van der Waals surface area contributed by atoms with Gasteiger partial charge in [0.2, 0.25) is 0 Å². The fraction of sp³-hybridized carbons (Fsp3) is 0.857. The SMILES string of the molecule is S=C(S)SC1CCCCC1. The van der Waals surface area contributed by atoms with Crippen LogP contribution in [-0.4, -0.2) is 8.78 Å². The van der Waals surface area contributed by atoms with E-state index in [0.29, 0.717) is 0 Å². The summed E-state index contributed by atoms with van der Waals surface area (Å²) in [4.78, 5) is 0. The minimum absolute atomic E-state index is 0.777. The molecule has 0 saturated heterocycles. The fourth-order valence-corrected chi connectivity index (χ4v) is 3.04. The molecule has 1 aliphatic carbocycles. The lowest BCUT2D eigenvalue weighted by molar-refractivity contribution is 0.517. The molecule has 0 unspecified atom stereocenters. The highest BCUT2D eigenvalue weighted by molar-refractivity contribution is 8.41. The molecule has 0 bridgehead atoms. The van der Waals surface area contributed by atoms with Crippen LogP contribution in [0, 0.1) is 0 Å². The Kier molecular flexibility index (Phi) is 4.11. The lowest BCUT2D eigenvalue weighted by atomic mass is 10.0. The summed E-state index contributed by atoms with van der Waals surface area (Å²) in [5, 5.41) is 0.777. The van der Waals surface area contributed by atoms with E-state index in [0.717, 1.165) is 8.78 Å². The summed E-state index contributed by atoms with van der Waals surface area (Å²) >= 11 is 10.8. The van der Waals surface area contributed by atoms with Crippen molar-refractivity contribution in [2.75, 3.05) is 0 Å². The number of rotatable bonds is 1. The molecule has 0 amide bonds. The largest absolute Gasteiger partial charge is 0.125 e. The molecule has 58 valence electrons. The van der Waals surface area contributed by atoms with Crippen molar-refractivity contribution in [3.05, 3.63) is 0 Å². The second kappa shape index (κ2) is 4.62. The molecule has 0 radical (unpaired) electrons. The van der Waals surface area contributed by atoms with Crippen LogP contribution >= 0.6 is 36.6 Å². The Morgan fingerprint density at radius 1 is 1.30 bits per heavy atom. The molecular weight excluding hydrogens is 180 g/mol. The van der Waals surface area contributed by atoms with Crippen LogP contribution in [0.5, 0.6) is 0 Å². The Morgan fingerprint density at radius 2 is 1.90 bits per heavy atom. The Labute approximate surface area is 77.6 Å². The lowest BCUT2D eigenvalue weighted by Gasteiger charge is -2.19. The Balaban J connectivity index is 2.19. The average Bonchev–Trinajstić information content (AvgIpc) is 1.88. The third-order valence-corrected chi connectivity index (χ3v) is 3.43. The molecule has 0 N–H and O–H groups in total. The van der Waals surface area contributed by atoms with Crippen molar-refractivity contribution >= 4 is 40.1 Å². The van der Waals surface area contributed by atoms with Gasteiger partial charge < -0.3 is 0 Å². The zero-order chi connectivity index (χ0) is 7.40. The van der Waals surface area contributed by atoms with Gasteiger partial charge in [-0.05, 0) is 12.8 Å². The van der Waals surface area contributed by atoms with Crippen molar-refractivity contribution in [2.45, 2.75) is 37.4 Å². The second-order valence-electron chi connectivity index (χ2n) is 2.64. The predicted molar refractivity (Wildman–Crippen MR) is 56.0 cm³/mol. The van der Waals surface area contributed by atoms with Crippen LogP contribution in [0.2, 0.25) is 0 Å². The van der Waals surface area contributed by atoms with Gasteiger partial charge in [-0.15, -0.1) is 24.4 Å². The number of thioether (sulfide) groups is 1. The van der Waals surface area contributed by atoms with Gasteiger partial charge in [-0.3, -0.25) is 0 Å². The van der Waals surface area contributed by atoms with Crippen molar-refractivity contribution in [3.8, 4) is 0 Å². The van der Waals surface area contributed by atoms with Crippen LogP contribution in [0.4, 0.5) is 0 Å². The van der Waals surface area contributed by atoms with Crippen LogP contribution < -0.4 is 0 Å². The number of hydrogen-bond donors (Lipinski definition) is 1. The molecule has 3 heteroatoms. The molecule has 1 aliphatic rings. The summed E-state index contributed by atoms with van der Waals surface area (Å²) in [5.74, 6) is 0. The molecule has 0 atom stereocenters. The van der Waals surface area contributed by atoms with Crippen LogP contribution in [-0.2, 0) is 0 Å². The maximum Gasteiger partial charge on any atom is 0.101 e. The van der Waals surface area contributed by atoms with Crippen molar-refractivity contribution in [1.82, 2.24) is 0 Å². The zero-order valence-electron chi connectivity index (χ0n) is 5.88. The molecular formula is C7H12S3. The molecule has 0 spiro atoms. The fourth-order valence-electron chi connectivity index (χ4n) is 1.33. The third kappa shape index (κ3) is 3.26. The summed E-state index contributed by atoms with van der Waals surface area (Å²) in [6.45, 7) is 0. The van der Waals surface area contributed by atoms with E-state index in [1.807, 2.05) is 0 Å². The normalized spacial score (nSPS) is 20.9. The van der Waals surface area contributed by atoms with Gasteiger partial charge in [-0.1, -0.05) is 31.5 Å². The van der Waals surface area contributed by atoms with Crippen molar-refractivity contribution in [1.29, 1.82) is 0 Å². The third-order valence-electron chi connectivity index (χ3n) is 1.82. The smallest absolute Gasteiger partial charge is 0.101 e. The Morgan fingerprint density at radius 3 is 2.40 bits per heavy atom. The first-order chi connectivity index (χ1) is 4.79. The quantitative estimate of drug-likeness (QED) is 0.500. The Hall–Kier alpha value is 0.790.